The summed E-state index contributed by atoms with van der Waals surface area (Å²) in [5, 5.41) is 2.74. The van der Waals surface area contributed by atoms with E-state index in [4.69, 9.17) is 0 Å². The Hall–Kier alpha value is -2.43. The monoisotopic (exact) mass is 314 g/mol. The van der Waals surface area contributed by atoms with Crippen molar-refractivity contribution in [2.75, 3.05) is 13.1 Å². The fourth-order valence-electron chi connectivity index (χ4n) is 2.53. The predicted molar refractivity (Wildman–Crippen MR) is 88.4 cm³/mol. The molecule has 1 saturated heterocycles. The molecule has 1 fully saturated rings. The van der Waals surface area contributed by atoms with Gasteiger partial charge in [-0.05, 0) is 24.5 Å². The van der Waals surface area contributed by atoms with Crippen LogP contribution in [0.15, 0.2) is 30.3 Å². The fraction of sp³-hybridized carbons (Fsp3) is 0.389. The molecule has 0 saturated carbocycles. The van der Waals surface area contributed by atoms with E-state index in [1.165, 1.54) is 10.5 Å². The van der Waals surface area contributed by atoms with Crippen LogP contribution in [0.2, 0.25) is 0 Å². The zero-order chi connectivity index (χ0) is 16.8. The number of aryl methyl sites for hydroxylation is 1. The summed E-state index contributed by atoms with van der Waals surface area (Å²) in [6, 6.07) is 8.03. The Morgan fingerprint density at radius 2 is 1.78 bits per heavy atom. The molecule has 0 bridgehead atoms. The molecule has 5 nitrogen and oxygen atoms in total. The van der Waals surface area contributed by atoms with Crippen LogP contribution in [0.1, 0.15) is 37.3 Å². The molecule has 1 heterocycles. The van der Waals surface area contributed by atoms with Gasteiger partial charge >= 0.3 is 0 Å². The summed E-state index contributed by atoms with van der Waals surface area (Å²) in [6.45, 7) is 4.54. The lowest BCUT2D eigenvalue weighted by molar-refractivity contribution is -0.138. The van der Waals surface area contributed by atoms with Crippen molar-refractivity contribution < 1.29 is 14.4 Å². The summed E-state index contributed by atoms with van der Waals surface area (Å²) in [7, 11) is 0. The third-order valence-corrected chi connectivity index (χ3v) is 3.90. The molecule has 1 N–H and O–H groups in total. The van der Waals surface area contributed by atoms with E-state index < -0.39 is 0 Å². The van der Waals surface area contributed by atoms with Gasteiger partial charge in [0.15, 0.2) is 0 Å². The summed E-state index contributed by atoms with van der Waals surface area (Å²) < 4.78 is 0. The van der Waals surface area contributed by atoms with Gasteiger partial charge in [0, 0.05) is 32.0 Å². The van der Waals surface area contributed by atoms with Gasteiger partial charge in [-0.2, -0.15) is 0 Å². The molecular formula is C18H22N2O3. The van der Waals surface area contributed by atoms with E-state index in [2.05, 4.69) is 5.32 Å². The van der Waals surface area contributed by atoms with E-state index in [1.54, 1.807) is 6.08 Å². The topological polar surface area (TPSA) is 66.5 Å². The Kier molecular flexibility index (Phi) is 5.68. The van der Waals surface area contributed by atoms with Crippen LogP contribution in [0, 0.1) is 6.92 Å². The van der Waals surface area contributed by atoms with Gasteiger partial charge in [-0.25, -0.2) is 0 Å². The first-order valence-electron chi connectivity index (χ1n) is 7.90. The standard InChI is InChI=1S/C18H22N2O3/c1-3-14(15-6-4-13(2)5-7-15)12-16(21)19-10-11-20-17(22)8-9-18(20)23/h4-7,12H,3,8-11H2,1-2H3,(H,19,21)/b14-12-. The van der Waals surface area contributed by atoms with Gasteiger partial charge < -0.3 is 5.32 Å². The Bertz CT molecular complexity index is 616. The third kappa shape index (κ3) is 4.52. The summed E-state index contributed by atoms with van der Waals surface area (Å²) in [6.07, 6.45) is 2.89. The van der Waals surface area contributed by atoms with Gasteiger partial charge in [-0.1, -0.05) is 36.8 Å². The van der Waals surface area contributed by atoms with Crippen molar-refractivity contribution in [3.63, 3.8) is 0 Å². The van der Waals surface area contributed by atoms with E-state index >= 15 is 0 Å². The molecule has 2 rings (SSSR count). The first-order chi connectivity index (χ1) is 11.0. The lowest BCUT2D eigenvalue weighted by Crippen LogP contribution is -2.37. The molecule has 0 radical (unpaired) electrons. The molecule has 1 aliphatic heterocycles. The highest BCUT2D eigenvalue weighted by Crippen LogP contribution is 2.18. The second-order valence-electron chi connectivity index (χ2n) is 5.62. The first-order valence-corrected chi connectivity index (χ1v) is 7.90. The maximum absolute atomic E-state index is 12.0. The maximum Gasteiger partial charge on any atom is 0.244 e. The lowest BCUT2D eigenvalue weighted by Gasteiger charge is -2.13. The van der Waals surface area contributed by atoms with Crippen LogP contribution in [0.5, 0.6) is 0 Å². The summed E-state index contributed by atoms with van der Waals surface area (Å²) in [5.74, 6) is -0.524. The Balaban J connectivity index is 1.90. The second kappa shape index (κ2) is 7.72. The predicted octanol–water partition coefficient (Wildman–Crippen LogP) is 2.05. The number of likely N-dealkylation sites (tertiary alicyclic amines) is 1. The average Bonchev–Trinajstić information content (AvgIpc) is 2.85. The molecule has 1 aliphatic rings. The van der Waals surface area contributed by atoms with Gasteiger partial charge in [0.1, 0.15) is 0 Å². The Morgan fingerprint density at radius 1 is 1.17 bits per heavy atom. The zero-order valence-corrected chi connectivity index (χ0v) is 13.6. The number of imide groups is 1. The molecule has 0 aliphatic carbocycles. The zero-order valence-electron chi connectivity index (χ0n) is 13.6. The van der Waals surface area contributed by atoms with Crippen LogP contribution >= 0.6 is 0 Å². The highest BCUT2D eigenvalue weighted by atomic mass is 16.2. The molecule has 1 aromatic rings. The summed E-state index contributed by atoms with van der Waals surface area (Å²) >= 11 is 0. The van der Waals surface area contributed by atoms with Crippen molar-refractivity contribution in [3.05, 3.63) is 41.5 Å². The van der Waals surface area contributed by atoms with Crippen LogP contribution in [0.25, 0.3) is 5.57 Å². The van der Waals surface area contributed by atoms with E-state index in [-0.39, 0.29) is 43.7 Å². The van der Waals surface area contributed by atoms with E-state index in [0.29, 0.717) is 0 Å². The van der Waals surface area contributed by atoms with E-state index in [1.807, 2.05) is 38.1 Å². The lowest BCUT2D eigenvalue weighted by atomic mass is 10.0. The smallest absolute Gasteiger partial charge is 0.244 e. The molecule has 0 aromatic heterocycles. The molecule has 23 heavy (non-hydrogen) atoms. The van der Waals surface area contributed by atoms with Crippen molar-refractivity contribution in [1.82, 2.24) is 10.2 Å². The molecule has 122 valence electrons. The van der Waals surface area contributed by atoms with Gasteiger partial charge in [0.05, 0.1) is 0 Å². The summed E-state index contributed by atoms with van der Waals surface area (Å²) in [4.78, 5) is 36.2. The first kappa shape index (κ1) is 16.9. The number of allylic oxidation sites excluding steroid dienone is 1. The Labute approximate surface area is 136 Å². The number of benzene rings is 1. The van der Waals surface area contributed by atoms with Crippen molar-refractivity contribution in [2.45, 2.75) is 33.1 Å². The number of nitrogens with zero attached hydrogens (tertiary/aromatic N) is 1. The molecule has 5 heteroatoms. The van der Waals surface area contributed by atoms with Crippen LogP contribution in [-0.4, -0.2) is 35.7 Å². The van der Waals surface area contributed by atoms with Crippen molar-refractivity contribution >= 4 is 23.3 Å². The fourth-order valence-corrected chi connectivity index (χ4v) is 2.53. The number of rotatable bonds is 6. The van der Waals surface area contributed by atoms with E-state index in [9.17, 15) is 14.4 Å². The SMILES string of the molecule is CC/C(=C/C(=O)NCCN1C(=O)CCC1=O)c1ccc(C)cc1. The highest BCUT2D eigenvalue weighted by molar-refractivity contribution is 6.02. The average molecular weight is 314 g/mol. The van der Waals surface area contributed by atoms with Crippen LogP contribution in [0.3, 0.4) is 0 Å². The summed E-state index contributed by atoms with van der Waals surface area (Å²) in [5.41, 5.74) is 3.16. The van der Waals surface area contributed by atoms with Crippen molar-refractivity contribution in [2.24, 2.45) is 0 Å². The van der Waals surface area contributed by atoms with Gasteiger partial charge in [-0.15, -0.1) is 0 Å². The number of hydrogen-bond donors (Lipinski definition) is 1. The normalized spacial score (nSPS) is 15.2. The number of nitrogens with one attached hydrogen (secondary N) is 1. The largest absolute Gasteiger partial charge is 0.351 e. The van der Waals surface area contributed by atoms with Crippen molar-refractivity contribution in [1.29, 1.82) is 0 Å². The Morgan fingerprint density at radius 3 is 2.35 bits per heavy atom. The van der Waals surface area contributed by atoms with Crippen LogP contribution in [-0.2, 0) is 14.4 Å². The maximum atomic E-state index is 12.0. The molecule has 3 amide bonds. The van der Waals surface area contributed by atoms with Gasteiger partial charge in [0.25, 0.3) is 0 Å². The number of amides is 3. The third-order valence-electron chi connectivity index (χ3n) is 3.90. The quantitative estimate of drug-likeness (QED) is 0.645. The minimum absolute atomic E-state index is 0.159. The molecule has 0 atom stereocenters. The number of carbonyl (C=O) groups excluding carboxylic acids is 3. The van der Waals surface area contributed by atoms with Gasteiger partial charge in [-0.3, -0.25) is 19.3 Å². The van der Waals surface area contributed by atoms with Crippen molar-refractivity contribution in [3.8, 4) is 0 Å². The number of hydrogen-bond acceptors (Lipinski definition) is 3. The molecule has 1 aromatic carbocycles. The van der Waals surface area contributed by atoms with Gasteiger partial charge in [0.2, 0.25) is 17.7 Å². The minimum Gasteiger partial charge on any atom is -0.351 e. The molecule has 0 spiro atoms. The molecule has 0 unspecified atom stereocenters. The minimum atomic E-state index is -0.207. The highest BCUT2D eigenvalue weighted by Gasteiger charge is 2.28. The molecular weight excluding hydrogens is 292 g/mol. The van der Waals surface area contributed by atoms with Crippen LogP contribution < -0.4 is 5.32 Å². The van der Waals surface area contributed by atoms with E-state index in [0.717, 1.165) is 17.6 Å². The van der Waals surface area contributed by atoms with Crippen LogP contribution in [0.4, 0.5) is 0 Å². The number of carbonyl (C=O) groups is 3. The second-order valence-corrected chi connectivity index (χ2v) is 5.62.